The fourth-order valence-corrected chi connectivity index (χ4v) is 3.56. The second-order valence-corrected chi connectivity index (χ2v) is 7.65. The number of carbonyl (C=O) groups excluding carboxylic acids is 1. The van der Waals surface area contributed by atoms with Crippen molar-refractivity contribution in [2.24, 2.45) is 0 Å². The molecule has 2 aromatic carbocycles. The Morgan fingerprint density at radius 2 is 2.10 bits per heavy atom. The van der Waals surface area contributed by atoms with Crippen LogP contribution in [0.3, 0.4) is 0 Å². The summed E-state index contributed by atoms with van der Waals surface area (Å²) >= 11 is 11.4. The summed E-state index contributed by atoms with van der Waals surface area (Å²) < 4.78 is 7.71. The number of hydrogen-bond acceptors (Lipinski definition) is 4. The molecule has 1 amide bonds. The SMILES string of the molecule is COc1ccc(Cl)cc1CN(C)C(=O)CCn1c(-c2cccc(C)c2)n[nH]c1=S. The highest BCUT2D eigenvalue weighted by molar-refractivity contribution is 7.71. The minimum Gasteiger partial charge on any atom is -0.496 e. The lowest BCUT2D eigenvalue weighted by atomic mass is 10.1. The molecule has 0 fully saturated rings. The molecule has 1 heterocycles. The lowest BCUT2D eigenvalue weighted by Gasteiger charge is -2.19. The van der Waals surface area contributed by atoms with Gasteiger partial charge in [-0.05, 0) is 43.4 Å². The molecule has 152 valence electrons. The lowest BCUT2D eigenvalue weighted by molar-refractivity contribution is -0.130. The molecule has 0 bridgehead atoms. The summed E-state index contributed by atoms with van der Waals surface area (Å²) in [5.41, 5.74) is 2.95. The number of benzene rings is 2. The lowest BCUT2D eigenvalue weighted by Crippen LogP contribution is -2.27. The van der Waals surface area contributed by atoms with Gasteiger partial charge in [0.1, 0.15) is 5.75 Å². The molecule has 0 spiro atoms. The Morgan fingerprint density at radius 3 is 2.83 bits per heavy atom. The van der Waals surface area contributed by atoms with Gasteiger partial charge in [0.25, 0.3) is 0 Å². The summed E-state index contributed by atoms with van der Waals surface area (Å²) in [4.78, 5) is 14.4. The number of ether oxygens (including phenoxy) is 1. The van der Waals surface area contributed by atoms with Crippen molar-refractivity contribution in [2.75, 3.05) is 14.2 Å². The molecule has 0 aliphatic carbocycles. The second kappa shape index (κ2) is 9.24. The van der Waals surface area contributed by atoms with Crippen molar-refractivity contribution in [1.29, 1.82) is 0 Å². The number of nitrogens with one attached hydrogen (secondary N) is 1. The van der Waals surface area contributed by atoms with Crippen molar-refractivity contribution < 1.29 is 9.53 Å². The Bertz CT molecular complexity index is 1080. The van der Waals surface area contributed by atoms with Crippen LogP contribution in [0.5, 0.6) is 5.75 Å². The Balaban J connectivity index is 1.71. The van der Waals surface area contributed by atoms with Crippen molar-refractivity contribution in [2.45, 2.75) is 26.4 Å². The number of aromatic nitrogens is 3. The molecule has 3 rings (SSSR count). The summed E-state index contributed by atoms with van der Waals surface area (Å²) in [5, 5.41) is 7.77. The molecule has 0 saturated heterocycles. The van der Waals surface area contributed by atoms with E-state index in [2.05, 4.69) is 10.2 Å². The van der Waals surface area contributed by atoms with E-state index < -0.39 is 0 Å². The van der Waals surface area contributed by atoms with Crippen LogP contribution in [0.2, 0.25) is 5.02 Å². The first kappa shape index (κ1) is 21.1. The van der Waals surface area contributed by atoms with Crippen LogP contribution in [0.25, 0.3) is 11.4 Å². The Morgan fingerprint density at radius 1 is 1.31 bits per heavy atom. The van der Waals surface area contributed by atoms with Gasteiger partial charge in [-0.15, -0.1) is 0 Å². The second-order valence-electron chi connectivity index (χ2n) is 6.83. The molecule has 8 heteroatoms. The first-order chi connectivity index (χ1) is 13.9. The third-order valence-electron chi connectivity index (χ3n) is 4.66. The summed E-state index contributed by atoms with van der Waals surface area (Å²) in [5.74, 6) is 1.42. The Kier molecular flexibility index (Phi) is 6.71. The van der Waals surface area contributed by atoms with Crippen molar-refractivity contribution in [3.05, 3.63) is 63.4 Å². The van der Waals surface area contributed by atoms with Gasteiger partial charge in [-0.3, -0.25) is 14.5 Å². The van der Waals surface area contributed by atoms with Crippen LogP contribution in [-0.2, 0) is 17.9 Å². The maximum atomic E-state index is 12.7. The number of rotatable bonds is 7. The molecular formula is C21H23ClN4O2S. The van der Waals surface area contributed by atoms with E-state index in [-0.39, 0.29) is 5.91 Å². The number of carbonyl (C=O) groups is 1. The van der Waals surface area contributed by atoms with E-state index in [0.29, 0.717) is 35.1 Å². The highest BCUT2D eigenvalue weighted by Gasteiger charge is 2.15. The molecule has 0 aliphatic rings. The topological polar surface area (TPSA) is 63.1 Å². The van der Waals surface area contributed by atoms with E-state index in [1.807, 2.05) is 41.8 Å². The molecule has 1 N–H and O–H groups in total. The van der Waals surface area contributed by atoms with Gasteiger partial charge in [0.05, 0.1) is 7.11 Å². The van der Waals surface area contributed by atoms with Gasteiger partial charge < -0.3 is 9.64 Å². The predicted molar refractivity (Wildman–Crippen MR) is 117 cm³/mol. The van der Waals surface area contributed by atoms with Crippen LogP contribution < -0.4 is 4.74 Å². The Labute approximate surface area is 180 Å². The third-order valence-corrected chi connectivity index (χ3v) is 5.21. The zero-order chi connectivity index (χ0) is 21.0. The van der Waals surface area contributed by atoms with Gasteiger partial charge in [0.15, 0.2) is 10.6 Å². The first-order valence-corrected chi connectivity index (χ1v) is 9.96. The van der Waals surface area contributed by atoms with E-state index in [4.69, 9.17) is 28.6 Å². The molecule has 29 heavy (non-hydrogen) atoms. The van der Waals surface area contributed by atoms with Gasteiger partial charge in [-0.25, -0.2) is 0 Å². The quantitative estimate of drug-likeness (QED) is 0.555. The average Bonchev–Trinajstić information content (AvgIpc) is 3.06. The monoisotopic (exact) mass is 430 g/mol. The van der Waals surface area contributed by atoms with E-state index in [9.17, 15) is 4.79 Å². The minimum atomic E-state index is -0.00896. The predicted octanol–water partition coefficient (Wildman–Crippen LogP) is 4.63. The number of methoxy groups -OCH3 is 1. The van der Waals surface area contributed by atoms with Crippen LogP contribution >= 0.6 is 23.8 Å². The Hall–Kier alpha value is -2.64. The number of amides is 1. The van der Waals surface area contributed by atoms with Crippen LogP contribution in [0.15, 0.2) is 42.5 Å². The normalized spacial score (nSPS) is 10.8. The molecule has 3 aromatic rings. The highest BCUT2D eigenvalue weighted by Crippen LogP contribution is 2.24. The molecule has 0 atom stereocenters. The number of hydrogen-bond donors (Lipinski definition) is 1. The maximum Gasteiger partial charge on any atom is 0.224 e. The number of nitrogens with zero attached hydrogens (tertiary/aromatic N) is 3. The number of halogens is 1. The van der Waals surface area contributed by atoms with Gasteiger partial charge in [-0.2, -0.15) is 5.10 Å². The van der Waals surface area contributed by atoms with Crippen LogP contribution in [0.1, 0.15) is 17.5 Å². The van der Waals surface area contributed by atoms with Crippen LogP contribution in [0, 0.1) is 11.7 Å². The van der Waals surface area contributed by atoms with Crippen molar-refractivity contribution in [3.63, 3.8) is 0 Å². The zero-order valence-corrected chi connectivity index (χ0v) is 18.2. The smallest absolute Gasteiger partial charge is 0.224 e. The van der Waals surface area contributed by atoms with E-state index in [0.717, 1.165) is 22.5 Å². The maximum absolute atomic E-state index is 12.7. The zero-order valence-electron chi connectivity index (χ0n) is 16.6. The largest absolute Gasteiger partial charge is 0.496 e. The number of H-pyrrole nitrogens is 1. The minimum absolute atomic E-state index is 0.00896. The molecule has 0 unspecified atom stereocenters. The summed E-state index contributed by atoms with van der Waals surface area (Å²) in [7, 11) is 3.36. The molecule has 1 aromatic heterocycles. The standard InChI is InChI=1S/C21H23ClN4O2S/c1-14-5-4-6-15(11-14)20-23-24-21(29)26(20)10-9-19(27)25(2)13-16-12-17(22)7-8-18(16)28-3/h4-8,11-12H,9-10,13H2,1-3H3,(H,24,29). The van der Waals surface area contributed by atoms with E-state index in [1.165, 1.54) is 0 Å². The van der Waals surface area contributed by atoms with Crippen molar-refractivity contribution >= 4 is 29.7 Å². The number of aromatic amines is 1. The average molecular weight is 431 g/mol. The van der Waals surface area contributed by atoms with Gasteiger partial charge in [0.2, 0.25) is 5.91 Å². The fourth-order valence-electron chi connectivity index (χ4n) is 3.14. The van der Waals surface area contributed by atoms with Crippen molar-refractivity contribution in [3.8, 4) is 17.1 Å². The summed E-state index contributed by atoms with van der Waals surface area (Å²) in [6, 6.07) is 13.4. The van der Waals surface area contributed by atoms with Crippen LogP contribution in [-0.4, -0.2) is 39.7 Å². The van der Waals surface area contributed by atoms with Crippen LogP contribution in [0.4, 0.5) is 0 Å². The van der Waals surface area contributed by atoms with Gasteiger partial charge in [-0.1, -0.05) is 35.4 Å². The first-order valence-electron chi connectivity index (χ1n) is 9.17. The highest BCUT2D eigenvalue weighted by atomic mass is 35.5. The summed E-state index contributed by atoms with van der Waals surface area (Å²) in [6.45, 7) is 2.87. The fraction of sp³-hybridized carbons (Fsp3) is 0.286. The van der Waals surface area contributed by atoms with Gasteiger partial charge in [0, 0.05) is 42.7 Å². The molecular weight excluding hydrogens is 408 g/mol. The molecule has 0 radical (unpaired) electrons. The third kappa shape index (κ3) is 5.05. The van der Waals surface area contributed by atoms with E-state index in [1.54, 1.807) is 31.2 Å². The number of aryl methyl sites for hydroxylation is 1. The molecule has 0 aliphatic heterocycles. The van der Waals surface area contributed by atoms with Gasteiger partial charge >= 0.3 is 0 Å². The molecule has 6 nitrogen and oxygen atoms in total. The summed E-state index contributed by atoms with van der Waals surface area (Å²) in [6.07, 6.45) is 0.298. The van der Waals surface area contributed by atoms with E-state index >= 15 is 0 Å². The van der Waals surface area contributed by atoms with Crippen molar-refractivity contribution in [1.82, 2.24) is 19.7 Å². The molecule has 0 saturated carbocycles.